The van der Waals surface area contributed by atoms with Crippen LogP contribution in [0.1, 0.15) is 6.42 Å². The molecule has 1 aromatic rings. The smallest absolute Gasteiger partial charge is 0.0762 e. The fourth-order valence-electron chi connectivity index (χ4n) is 1.95. The molecule has 1 aromatic carbocycles. The summed E-state index contributed by atoms with van der Waals surface area (Å²) in [5, 5.41) is 0.679. The van der Waals surface area contributed by atoms with Gasteiger partial charge in [-0.1, -0.05) is 11.6 Å². The van der Waals surface area contributed by atoms with Crippen molar-refractivity contribution in [3.05, 3.63) is 23.2 Å². The van der Waals surface area contributed by atoms with E-state index in [2.05, 4.69) is 4.90 Å². The lowest BCUT2D eigenvalue weighted by molar-refractivity contribution is 0.121. The molecule has 82 valence electrons. The third-order valence-electron chi connectivity index (χ3n) is 2.81. The van der Waals surface area contributed by atoms with E-state index in [0.717, 1.165) is 30.9 Å². The fourth-order valence-corrected chi connectivity index (χ4v) is 2.13. The summed E-state index contributed by atoms with van der Waals surface area (Å²) in [5.41, 5.74) is 7.71. The van der Waals surface area contributed by atoms with Gasteiger partial charge in [0.15, 0.2) is 0 Å². The van der Waals surface area contributed by atoms with Gasteiger partial charge in [0, 0.05) is 25.2 Å². The van der Waals surface area contributed by atoms with Gasteiger partial charge in [-0.2, -0.15) is 0 Å². The van der Waals surface area contributed by atoms with Crippen LogP contribution in [0.3, 0.4) is 0 Å². The van der Waals surface area contributed by atoms with Crippen molar-refractivity contribution < 1.29 is 4.74 Å². The van der Waals surface area contributed by atoms with Crippen LogP contribution in [0.4, 0.5) is 11.4 Å². The third kappa shape index (κ3) is 2.19. The quantitative estimate of drug-likeness (QED) is 0.786. The zero-order valence-corrected chi connectivity index (χ0v) is 9.50. The van der Waals surface area contributed by atoms with Gasteiger partial charge in [0.1, 0.15) is 0 Å². The SMILES string of the molecule is COC1CCN(c2ccc(Cl)cc2N)C1. The highest BCUT2D eigenvalue weighted by Crippen LogP contribution is 2.29. The highest BCUT2D eigenvalue weighted by atomic mass is 35.5. The number of anilines is 2. The standard InChI is InChI=1S/C11H15ClN2O/c1-15-9-4-5-14(7-9)11-3-2-8(12)6-10(11)13/h2-3,6,9H,4-5,7,13H2,1H3. The monoisotopic (exact) mass is 226 g/mol. The molecule has 2 rings (SSSR count). The largest absolute Gasteiger partial charge is 0.397 e. The van der Waals surface area contributed by atoms with E-state index >= 15 is 0 Å². The van der Waals surface area contributed by atoms with Crippen LogP contribution in [0.15, 0.2) is 18.2 Å². The second-order valence-electron chi connectivity index (χ2n) is 3.80. The van der Waals surface area contributed by atoms with E-state index in [-0.39, 0.29) is 0 Å². The number of nitrogen functional groups attached to an aromatic ring is 1. The van der Waals surface area contributed by atoms with Gasteiger partial charge in [0.05, 0.1) is 17.5 Å². The minimum atomic E-state index is 0.320. The van der Waals surface area contributed by atoms with Crippen molar-refractivity contribution >= 4 is 23.0 Å². The molecule has 1 atom stereocenters. The van der Waals surface area contributed by atoms with Gasteiger partial charge in [-0.3, -0.25) is 0 Å². The highest BCUT2D eigenvalue weighted by molar-refractivity contribution is 6.31. The van der Waals surface area contributed by atoms with Gasteiger partial charge >= 0.3 is 0 Å². The average Bonchev–Trinajstić information content (AvgIpc) is 2.66. The van der Waals surface area contributed by atoms with Crippen LogP contribution in [0.25, 0.3) is 0 Å². The number of nitrogens with zero attached hydrogens (tertiary/aromatic N) is 1. The Hall–Kier alpha value is -0.930. The maximum absolute atomic E-state index is 5.92. The Kier molecular flexibility index (Phi) is 3.03. The third-order valence-corrected chi connectivity index (χ3v) is 3.04. The first kappa shape index (κ1) is 10.6. The Morgan fingerprint density at radius 1 is 1.53 bits per heavy atom. The molecule has 4 heteroatoms. The fraction of sp³-hybridized carbons (Fsp3) is 0.455. The molecule has 0 aromatic heterocycles. The number of nitrogens with two attached hydrogens (primary N) is 1. The molecule has 1 unspecified atom stereocenters. The van der Waals surface area contributed by atoms with Gasteiger partial charge in [-0.05, 0) is 24.6 Å². The Labute approximate surface area is 94.8 Å². The Balaban J connectivity index is 2.17. The maximum Gasteiger partial charge on any atom is 0.0762 e. The van der Waals surface area contributed by atoms with E-state index in [0.29, 0.717) is 11.1 Å². The molecule has 1 aliphatic heterocycles. The molecule has 15 heavy (non-hydrogen) atoms. The molecule has 1 heterocycles. The minimum Gasteiger partial charge on any atom is -0.397 e. The highest BCUT2D eigenvalue weighted by Gasteiger charge is 2.23. The second-order valence-corrected chi connectivity index (χ2v) is 4.23. The van der Waals surface area contributed by atoms with Crippen LogP contribution in [0.5, 0.6) is 0 Å². The summed E-state index contributed by atoms with van der Waals surface area (Å²) in [4.78, 5) is 2.24. The van der Waals surface area contributed by atoms with Crippen LogP contribution in [-0.2, 0) is 4.74 Å². The van der Waals surface area contributed by atoms with Gasteiger partial charge in [-0.25, -0.2) is 0 Å². The minimum absolute atomic E-state index is 0.320. The topological polar surface area (TPSA) is 38.5 Å². The molecule has 1 saturated heterocycles. The van der Waals surface area contributed by atoms with Crippen molar-refractivity contribution in [2.24, 2.45) is 0 Å². The summed E-state index contributed by atoms with van der Waals surface area (Å²) in [6, 6.07) is 5.63. The Morgan fingerprint density at radius 3 is 2.93 bits per heavy atom. The van der Waals surface area contributed by atoms with Gasteiger partial charge in [-0.15, -0.1) is 0 Å². The molecule has 0 spiro atoms. The number of ether oxygens (including phenoxy) is 1. The summed E-state index contributed by atoms with van der Waals surface area (Å²) in [5.74, 6) is 0. The number of hydrogen-bond donors (Lipinski definition) is 1. The van der Waals surface area contributed by atoms with Crippen LogP contribution in [-0.4, -0.2) is 26.3 Å². The molecule has 2 N–H and O–H groups in total. The first-order chi connectivity index (χ1) is 7.20. The van der Waals surface area contributed by atoms with Crippen molar-refractivity contribution in [1.82, 2.24) is 0 Å². The molecular weight excluding hydrogens is 212 g/mol. The van der Waals surface area contributed by atoms with E-state index in [4.69, 9.17) is 22.1 Å². The lowest BCUT2D eigenvalue weighted by Gasteiger charge is -2.20. The second kappa shape index (κ2) is 4.29. The molecule has 0 radical (unpaired) electrons. The molecule has 0 amide bonds. The van der Waals surface area contributed by atoms with Crippen LogP contribution >= 0.6 is 11.6 Å². The first-order valence-corrected chi connectivity index (χ1v) is 5.41. The lowest BCUT2D eigenvalue weighted by Crippen LogP contribution is -2.22. The number of rotatable bonds is 2. The zero-order chi connectivity index (χ0) is 10.8. The Bertz CT molecular complexity index is 356. The molecule has 1 fully saturated rings. The van der Waals surface area contributed by atoms with Crippen LogP contribution < -0.4 is 10.6 Å². The van der Waals surface area contributed by atoms with Crippen LogP contribution in [0.2, 0.25) is 5.02 Å². The van der Waals surface area contributed by atoms with E-state index in [1.54, 1.807) is 13.2 Å². The van der Waals surface area contributed by atoms with E-state index in [1.807, 2.05) is 12.1 Å². The summed E-state index contributed by atoms with van der Waals surface area (Å²) >= 11 is 5.86. The predicted molar refractivity (Wildman–Crippen MR) is 63.5 cm³/mol. The molecule has 1 aliphatic rings. The lowest BCUT2D eigenvalue weighted by atomic mass is 10.2. The summed E-state index contributed by atoms with van der Waals surface area (Å²) in [6.45, 7) is 1.90. The number of methoxy groups -OCH3 is 1. The van der Waals surface area contributed by atoms with Crippen molar-refractivity contribution in [3.8, 4) is 0 Å². The average molecular weight is 227 g/mol. The molecule has 0 bridgehead atoms. The number of benzene rings is 1. The molecule has 0 aliphatic carbocycles. The summed E-state index contributed by atoms with van der Waals surface area (Å²) in [7, 11) is 1.75. The summed E-state index contributed by atoms with van der Waals surface area (Å²) < 4.78 is 5.32. The maximum atomic E-state index is 5.92. The Morgan fingerprint density at radius 2 is 2.33 bits per heavy atom. The van der Waals surface area contributed by atoms with Crippen molar-refractivity contribution in [1.29, 1.82) is 0 Å². The zero-order valence-electron chi connectivity index (χ0n) is 8.74. The number of hydrogen-bond acceptors (Lipinski definition) is 3. The molecular formula is C11H15ClN2O. The van der Waals surface area contributed by atoms with E-state index in [1.165, 1.54) is 0 Å². The van der Waals surface area contributed by atoms with Crippen LogP contribution in [0, 0.1) is 0 Å². The van der Waals surface area contributed by atoms with Gasteiger partial charge in [0.2, 0.25) is 0 Å². The van der Waals surface area contributed by atoms with Crippen molar-refractivity contribution in [2.75, 3.05) is 30.8 Å². The number of halogens is 1. The molecule has 3 nitrogen and oxygen atoms in total. The van der Waals surface area contributed by atoms with E-state index in [9.17, 15) is 0 Å². The van der Waals surface area contributed by atoms with Crippen molar-refractivity contribution in [2.45, 2.75) is 12.5 Å². The van der Waals surface area contributed by atoms with Crippen molar-refractivity contribution in [3.63, 3.8) is 0 Å². The van der Waals surface area contributed by atoms with Gasteiger partial charge in [0.25, 0.3) is 0 Å². The normalized spacial score (nSPS) is 20.9. The van der Waals surface area contributed by atoms with E-state index < -0.39 is 0 Å². The molecule has 0 saturated carbocycles. The van der Waals surface area contributed by atoms with Gasteiger partial charge < -0.3 is 15.4 Å². The predicted octanol–water partition coefficient (Wildman–Crippen LogP) is 2.15. The summed E-state index contributed by atoms with van der Waals surface area (Å²) in [6.07, 6.45) is 1.37. The first-order valence-electron chi connectivity index (χ1n) is 5.03.